The van der Waals surface area contributed by atoms with Crippen LogP contribution in [0.2, 0.25) is 5.02 Å². The Bertz CT molecular complexity index is 1660. The maximum atomic E-state index is 14.5. The van der Waals surface area contributed by atoms with Crippen LogP contribution in [0.3, 0.4) is 0 Å². The summed E-state index contributed by atoms with van der Waals surface area (Å²) in [6.45, 7) is 5.74. The largest absolute Gasteiger partial charge is 0.354 e. The second-order valence-electron chi connectivity index (χ2n) is 10.8. The highest BCUT2D eigenvalue weighted by atomic mass is 35.5. The molecule has 0 saturated heterocycles. The minimum absolute atomic E-state index is 0.0681. The Morgan fingerprint density at radius 2 is 1.48 bits per heavy atom. The number of halogens is 1. The first-order valence-corrected chi connectivity index (χ1v) is 16.4. The molecular formula is C35H38ClN3O4S. The van der Waals surface area contributed by atoms with E-state index in [9.17, 15) is 18.0 Å². The Hall–Kier alpha value is -4.14. The highest BCUT2D eigenvalue weighted by molar-refractivity contribution is 7.92. The summed E-state index contributed by atoms with van der Waals surface area (Å²) in [6, 6.07) is 29.1. The summed E-state index contributed by atoms with van der Waals surface area (Å²) in [5.74, 6) is -0.811. The van der Waals surface area contributed by atoms with Crippen molar-refractivity contribution >= 4 is 39.1 Å². The molecule has 0 radical (unpaired) electrons. The molecule has 0 aliphatic rings. The summed E-state index contributed by atoms with van der Waals surface area (Å²) in [6.07, 6.45) is 0.982. The van der Waals surface area contributed by atoms with E-state index in [-0.39, 0.29) is 23.8 Å². The van der Waals surface area contributed by atoms with E-state index in [0.717, 1.165) is 27.4 Å². The van der Waals surface area contributed by atoms with E-state index in [2.05, 4.69) is 5.32 Å². The Balaban J connectivity index is 1.81. The third-order valence-electron chi connectivity index (χ3n) is 7.32. The molecule has 1 atom stereocenters. The highest BCUT2D eigenvalue weighted by Crippen LogP contribution is 2.28. The van der Waals surface area contributed by atoms with Crippen molar-refractivity contribution in [2.45, 2.75) is 51.1 Å². The molecule has 0 aliphatic heterocycles. The molecule has 9 heteroatoms. The normalized spacial score (nSPS) is 11.9. The van der Waals surface area contributed by atoms with Crippen LogP contribution in [0, 0.1) is 13.8 Å². The number of nitrogens with zero attached hydrogens (tertiary/aromatic N) is 2. The van der Waals surface area contributed by atoms with Crippen molar-refractivity contribution in [3.8, 4) is 0 Å². The molecule has 0 aromatic heterocycles. The molecule has 0 fully saturated rings. The van der Waals surface area contributed by atoms with Crippen LogP contribution in [0.1, 0.15) is 35.6 Å². The number of nitrogens with one attached hydrogen (secondary N) is 1. The van der Waals surface area contributed by atoms with Gasteiger partial charge in [-0.25, -0.2) is 8.42 Å². The number of carbonyl (C=O) groups is 2. The van der Waals surface area contributed by atoms with E-state index in [0.29, 0.717) is 22.8 Å². The Morgan fingerprint density at radius 1 is 0.841 bits per heavy atom. The van der Waals surface area contributed by atoms with E-state index in [1.165, 1.54) is 17.0 Å². The number of benzene rings is 4. The third-order valence-corrected chi connectivity index (χ3v) is 9.34. The first kappa shape index (κ1) is 32.8. The monoisotopic (exact) mass is 631 g/mol. The van der Waals surface area contributed by atoms with E-state index >= 15 is 0 Å². The van der Waals surface area contributed by atoms with Gasteiger partial charge in [0, 0.05) is 24.5 Å². The zero-order valence-corrected chi connectivity index (χ0v) is 26.8. The number of hydrogen-bond acceptors (Lipinski definition) is 4. The summed E-state index contributed by atoms with van der Waals surface area (Å²) in [5, 5.41) is 3.50. The van der Waals surface area contributed by atoms with Gasteiger partial charge in [0.1, 0.15) is 12.6 Å². The van der Waals surface area contributed by atoms with Crippen LogP contribution in [-0.2, 0) is 32.6 Å². The predicted octanol–water partition coefficient (Wildman–Crippen LogP) is 6.32. The lowest BCUT2D eigenvalue weighted by Gasteiger charge is -2.34. The molecule has 4 aromatic carbocycles. The van der Waals surface area contributed by atoms with Gasteiger partial charge >= 0.3 is 0 Å². The number of sulfonamides is 1. The lowest BCUT2D eigenvalue weighted by Crippen LogP contribution is -2.53. The average Bonchev–Trinajstić information content (AvgIpc) is 3.02. The van der Waals surface area contributed by atoms with Gasteiger partial charge in [0.2, 0.25) is 11.8 Å². The first-order chi connectivity index (χ1) is 21.1. The number of amides is 2. The van der Waals surface area contributed by atoms with Crippen molar-refractivity contribution in [3.05, 3.63) is 130 Å². The maximum absolute atomic E-state index is 14.5. The molecule has 0 spiro atoms. The van der Waals surface area contributed by atoms with Gasteiger partial charge in [-0.05, 0) is 67.3 Å². The van der Waals surface area contributed by atoms with Crippen molar-refractivity contribution in [2.75, 3.05) is 17.4 Å². The minimum Gasteiger partial charge on any atom is -0.354 e. The van der Waals surface area contributed by atoms with Gasteiger partial charge in [0.05, 0.1) is 10.6 Å². The van der Waals surface area contributed by atoms with E-state index < -0.39 is 28.5 Å². The smallest absolute Gasteiger partial charge is 0.264 e. The first-order valence-electron chi connectivity index (χ1n) is 14.6. The Labute approximate surface area is 265 Å². The van der Waals surface area contributed by atoms with Crippen molar-refractivity contribution < 1.29 is 18.0 Å². The number of hydrogen-bond donors (Lipinski definition) is 1. The topological polar surface area (TPSA) is 86.8 Å². The second kappa shape index (κ2) is 15.0. The van der Waals surface area contributed by atoms with Crippen LogP contribution in [-0.4, -0.2) is 44.3 Å². The van der Waals surface area contributed by atoms with Gasteiger partial charge in [0.15, 0.2) is 0 Å². The van der Waals surface area contributed by atoms with E-state index in [4.69, 9.17) is 11.6 Å². The van der Waals surface area contributed by atoms with Crippen molar-refractivity contribution in [1.29, 1.82) is 0 Å². The summed E-state index contributed by atoms with van der Waals surface area (Å²) < 4.78 is 29.4. The number of rotatable bonds is 13. The van der Waals surface area contributed by atoms with E-state index in [1.807, 2.05) is 63.2 Å². The molecule has 0 heterocycles. The quantitative estimate of drug-likeness (QED) is 0.187. The Kier molecular flexibility index (Phi) is 11.2. The minimum atomic E-state index is -4.15. The van der Waals surface area contributed by atoms with E-state index in [1.54, 1.807) is 48.5 Å². The molecule has 1 N–H and O–H groups in total. The lowest BCUT2D eigenvalue weighted by molar-refractivity contribution is -0.140. The number of anilines is 1. The van der Waals surface area contributed by atoms with Gasteiger partial charge in [-0.2, -0.15) is 0 Å². The molecule has 0 bridgehead atoms. The SMILES string of the molecule is CCCNC(=O)[C@H](Cc1ccccc1)N(Cc1ccc(Cl)cc1)C(=O)CN(c1ccc(C)cc1C)S(=O)(=O)c1ccccc1. The average molecular weight is 632 g/mol. The summed E-state index contributed by atoms with van der Waals surface area (Å²) >= 11 is 6.14. The van der Waals surface area contributed by atoms with Crippen LogP contribution in [0.5, 0.6) is 0 Å². The second-order valence-corrected chi connectivity index (χ2v) is 13.1. The van der Waals surface area contributed by atoms with Gasteiger partial charge in [-0.15, -0.1) is 0 Å². The van der Waals surface area contributed by atoms with Crippen molar-refractivity contribution in [1.82, 2.24) is 10.2 Å². The van der Waals surface area contributed by atoms with Crippen LogP contribution in [0.25, 0.3) is 0 Å². The predicted molar refractivity (Wildman–Crippen MR) is 176 cm³/mol. The van der Waals surface area contributed by atoms with Crippen LogP contribution in [0.15, 0.2) is 108 Å². The maximum Gasteiger partial charge on any atom is 0.264 e. The summed E-state index contributed by atoms with van der Waals surface area (Å²) in [4.78, 5) is 29.7. The van der Waals surface area contributed by atoms with Crippen LogP contribution < -0.4 is 9.62 Å². The highest BCUT2D eigenvalue weighted by Gasteiger charge is 2.35. The van der Waals surface area contributed by atoms with Gasteiger partial charge < -0.3 is 10.2 Å². The molecular weight excluding hydrogens is 594 g/mol. The molecule has 44 heavy (non-hydrogen) atoms. The molecule has 230 valence electrons. The standard InChI is InChI=1S/C35H38ClN3O4S/c1-4-21-37-35(41)33(23-28-11-7-5-8-12-28)38(24-29-16-18-30(36)19-17-29)34(40)25-39(32-20-15-26(2)22-27(32)3)44(42,43)31-13-9-6-10-14-31/h5-20,22,33H,4,21,23-25H2,1-3H3,(H,37,41)/t33-/m0/s1. The summed E-state index contributed by atoms with van der Waals surface area (Å²) in [7, 11) is -4.15. The zero-order chi connectivity index (χ0) is 31.7. The molecule has 2 amide bonds. The van der Waals surface area contributed by atoms with Gasteiger partial charge in [-0.3, -0.25) is 13.9 Å². The molecule has 0 unspecified atom stereocenters. The van der Waals surface area contributed by atoms with Gasteiger partial charge in [0.25, 0.3) is 10.0 Å². The van der Waals surface area contributed by atoms with Crippen LogP contribution in [0.4, 0.5) is 5.69 Å². The fraction of sp³-hybridized carbons (Fsp3) is 0.257. The molecule has 4 aromatic rings. The third kappa shape index (κ3) is 8.27. The fourth-order valence-corrected chi connectivity index (χ4v) is 6.65. The zero-order valence-electron chi connectivity index (χ0n) is 25.2. The molecule has 4 rings (SSSR count). The van der Waals surface area contributed by atoms with Crippen molar-refractivity contribution in [2.24, 2.45) is 0 Å². The lowest BCUT2D eigenvalue weighted by atomic mass is 10.0. The van der Waals surface area contributed by atoms with Gasteiger partial charge in [-0.1, -0.05) is 96.9 Å². The Morgan fingerprint density at radius 3 is 2.09 bits per heavy atom. The molecule has 0 aliphatic carbocycles. The fourth-order valence-electron chi connectivity index (χ4n) is 5.02. The number of aryl methyl sites for hydroxylation is 2. The van der Waals surface area contributed by atoms with Crippen LogP contribution >= 0.6 is 11.6 Å². The number of carbonyl (C=O) groups excluding carboxylic acids is 2. The van der Waals surface area contributed by atoms with Crippen molar-refractivity contribution in [3.63, 3.8) is 0 Å². The molecule has 7 nitrogen and oxygen atoms in total. The molecule has 0 saturated carbocycles. The summed E-state index contributed by atoms with van der Waals surface area (Å²) in [5.41, 5.74) is 3.71.